The fourth-order valence-electron chi connectivity index (χ4n) is 2.82. The summed E-state index contributed by atoms with van der Waals surface area (Å²) >= 11 is 0. The highest BCUT2D eigenvalue weighted by Gasteiger charge is 2.24. The molecule has 2 fully saturated rings. The molecule has 0 aromatic carbocycles. The van der Waals surface area contributed by atoms with Crippen molar-refractivity contribution in [2.24, 2.45) is 0 Å². The van der Waals surface area contributed by atoms with E-state index < -0.39 is 0 Å². The Hall–Kier alpha value is -1.01. The van der Waals surface area contributed by atoms with E-state index in [1.165, 1.54) is 32.4 Å². The predicted octanol–water partition coefficient (Wildman–Crippen LogP) is 1.06. The molecule has 5 nitrogen and oxygen atoms in total. The lowest BCUT2D eigenvalue weighted by Gasteiger charge is -2.36. The van der Waals surface area contributed by atoms with E-state index in [-0.39, 0.29) is 6.17 Å². The minimum Gasteiger partial charge on any atom is -0.302 e. The van der Waals surface area contributed by atoms with Crippen molar-refractivity contribution in [2.45, 2.75) is 31.5 Å². The van der Waals surface area contributed by atoms with Gasteiger partial charge in [-0.25, -0.2) is 0 Å². The van der Waals surface area contributed by atoms with Gasteiger partial charge in [0.25, 0.3) is 0 Å². The number of nitrogens with zero attached hydrogens (tertiary/aromatic N) is 2. The van der Waals surface area contributed by atoms with Crippen LogP contribution in [0.4, 0.5) is 0 Å². The molecule has 0 bridgehead atoms. The molecule has 5 heteroatoms. The summed E-state index contributed by atoms with van der Waals surface area (Å²) in [5.74, 6) is 0. The van der Waals surface area contributed by atoms with Gasteiger partial charge in [-0.05, 0) is 32.0 Å². The van der Waals surface area contributed by atoms with Gasteiger partial charge in [-0.3, -0.25) is 15.1 Å². The highest BCUT2D eigenvalue weighted by atomic mass is 16.7. The quantitative estimate of drug-likeness (QED) is 0.853. The van der Waals surface area contributed by atoms with E-state index in [1.807, 2.05) is 12.3 Å². The molecule has 0 saturated carbocycles. The normalized spacial score (nSPS) is 29.3. The van der Waals surface area contributed by atoms with Gasteiger partial charge in [0, 0.05) is 30.5 Å². The Labute approximate surface area is 114 Å². The summed E-state index contributed by atoms with van der Waals surface area (Å²) in [6.45, 7) is 4.23. The number of hydroxylamine groups is 1. The Morgan fingerprint density at radius 3 is 3.00 bits per heavy atom. The molecular formula is C14H22N4O. The van der Waals surface area contributed by atoms with Gasteiger partial charge < -0.3 is 4.90 Å². The standard InChI is InChI=1S/C14H22N4O/c1-2-7-18(8-3-1)10-13-11-19-17-14(16-13)12-5-4-6-15-9-12/h4-6,9,13-14,16-17H,1-3,7-8,10-11H2. The molecule has 0 radical (unpaired) electrons. The maximum Gasteiger partial charge on any atom is 0.109 e. The van der Waals surface area contributed by atoms with Crippen LogP contribution in [-0.4, -0.2) is 42.2 Å². The Bertz CT molecular complexity index is 380. The van der Waals surface area contributed by atoms with E-state index in [4.69, 9.17) is 4.84 Å². The first-order valence-electron chi connectivity index (χ1n) is 7.17. The molecule has 1 aromatic rings. The third kappa shape index (κ3) is 3.51. The number of aromatic nitrogens is 1. The van der Waals surface area contributed by atoms with Gasteiger partial charge in [0.05, 0.1) is 6.61 Å². The fourth-order valence-corrected chi connectivity index (χ4v) is 2.82. The molecule has 2 aliphatic rings. The molecule has 0 amide bonds. The minimum atomic E-state index is 0.0391. The molecule has 2 saturated heterocycles. The average Bonchev–Trinajstić information content (AvgIpc) is 2.49. The topological polar surface area (TPSA) is 49.4 Å². The summed E-state index contributed by atoms with van der Waals surface area (Å²) in [4.78, 5) is 12.2. The molecule has 2 N–H and O–H groups in total. The number of pyridine rings is 1. The molecule has 19 heavy (non-hydrogen) atoms. The van der Waals surface area contributed by atoms with E-state index in [2.05, 4.69) is 26.7 Å². The van der Waals surface area contributed by atoms with E-state index in [0.29, 0.717) is 12.6 Å². The summed E-state index contributed by atoms with van der Waals surface area (Å²) in [6, 6.07) is 4.39. The Balaban J connectivity index is 1.55. The van der Waals surface area contributed by atoms with Crippen molar-refractivity contribution in [3.8, 4) is 0 Å². The predicted molar refractivity (Wildman–Crippen MR) is 73.3 cm³/mol. The zero-order valence-electron chi connectivity index (χ0n) is 11.2. The molecule has 104 valence electrons. The SMILES string of the molecule is c1cncc(C2NOCC(CN3CCCCC3)N2)c1. The number of rotatable bonds is 3. The van der Waals surface area contributed by atoms with Crippen LogP contribution in [0.2, 0.25) is 0 Å². The number of hydrogen-bond acceptors (Lipinski definition) is 5. The second-order valence-electron chi connectivity index (χ2n) is 5.37. The van der Waals surface area contributed by atoms with Crippen LogP contribution in [0.1, 0.15) is 31.0 Å². The summed E-state index contributed by atoms with van der Waals surface area (Å²) in [5, 5.41) is 3.60. The number of likely N-dealkylation sites (tertiary alicyclic amines) is 1. The lowest BCUT2D eigenvalue weighted by atomic mass is 10.1. The van der Waals surface area contributed by atoms with Crippen molar-refractivity contribution < 1.29 is 4.84 Å². The van der Waals surface area contributed by atoms with Gasteiger partial charge in [-0.15, -0.1) is 0 Å². The summed E-state index contributed by atoms with van der Waals surface area (Å²) in [6.07, 6.45) is 7.74. The van der Waals surface area contributed by atoms with Gasteiger partial charge in [-0.1, -0.05) is 12.5 Å². The van der Waals surface area contributed by atoms with Crippen molar-refractivity contribution in [2.75, 3.05) is 26.2 Å². The highest BCUT2D eigenvalue weighted by molar-refractivity contribution is 5.13. The van der Waals surface area contributed by atoms with Crippen LogP contribution in [0.3, 0.4) is 0 Å². The summed E-state index contributed by atoms with van der Waals surface area (Å²) in [5.41, 5.74) is 4.15. The van der Waals surface area contributed by atoms with Crippen molar-refractivity contribution in [3.63, 3.8) is 0 Å². The Kier molecular flexibility index (Phi) is 4.40. The third-order valence-electron chi connectivity index (χ3n) is 3.83. The second kappa shape index (κ2) is 6.43. The molecule has 2 unspecified atom stereocenters. The van der Waals surface area contributed by atoms with E-state index in [0.717, 1.165) is 12.1 Å². The number of hydrogen-bond donors (Lipinski definition) is 2. The van der Waals surface area contributed by atoms with Crippen LogP contribution >= 0.6 is 0 Å². The van der Waals surface area contributed by atoms with Crippen LogP contribution in [0.15, 0.2) is 24.5 Å². The minimum absolute atomic E-state index is 0.0391. The smallest absolute Gasteiger partial charge is 0.109 e. The number of piperidine rings is 1. The molecule has 0 spiro atoms. The third-order valence-corrected chi connectivity index (χ3v) is 3.83. The van der Waals surface area contributed by atoms with Gasteiger partial charge in [-0.2, -0.15) is 5.48 Å². The Morgan fingerprint density at radius 1 is 1.32 bits per heavy atom. The first kappa shape index (κ1) is 13.0. The van der Waals surface area contributed by atoms with Crippen LogP contribution in [0.5, 0.6) is 0 Å². The molecular weight excluding hydrogens is 240 g/mol. The van der Waals surface area contributed by atoms with E-state index >= 15 is 0 Å². The van der Waals surface area contributed by atoms with Crippen LogP contribution in [0, 0.1) is 0 Å². The van der Waals surface area contributed by atoms with Gasteiger partial charge in [0.15, 0.2) is 0 Å². The Morgan fingerprint density at radius 2 is 2.21 bits per heavy atom. The van der Waals surface area contributed by atoms with Crippen molar-refractivity contribution >= 4 is 0 Å². The van der Waals surface area contributed by atoms with E-state index in [9.17, 15) is 0 Å². The largest absolute Gasteiger partial charge is 0.302 e. The lowest BCUT2D eigenvalue weighted by molar-refractivity contribution is -0.0538. The molecule has 3 rings (SSSR count). The van der Waals surface area contributed by atoms with E-state index in [1.54, 1.807) is 6.20 Å². The zero-order chi connectivity index (χ0) is 12.9. The van der Waals surface area contributed by atoms with Crippen LogP contribution < -0.4 is 10.8 Å². The average molecular weight is 262 g/mol. The monoisotopic (exact) mass is 262 g/mol. The molecule has 1 aromatic heterocycles. The molecule has 2 atom stereocenters. The zero-order valence-corrected chi connectivity index (χ0v) is 11.2. The van der Waals surface area contributed by atoms with Crippen LogP contribution in [0.25, 0.3) is 0 Å². The maximum atomic E-state index is 5.52. The van der Waals surface area contributed by atoms with Crippen molar-refractivity contribution in [1.82, 2.24) is 20.7 Å². The second-order valence-corrected chi connectivity index (χ2v) is 5.37. The first-order chi connectivity index (χ1) is 9.42. The van der Waals surface area contributed by atoms with Crippen molar-refractivity contribution in [3.05, 3.63) is 30.1 Å². The molecule has 0 aliphatic carbocycles. The molecule has 2 aliphatic heterocycles. The number of nitrogens with one attached hydrogen (secondary N) is 2. The summed E-state index contributed by atoms with van der Waals surface area (Å²) in [7, 11) is 0. The first-order valence-corrected chi connectivity index (χ1v) is 7.17. The van der Waals surface area contributed by atoms with Crippen molar-refractivity contribution in [1.29, 1.82) is 0 Å². The van der Waals surface area contributed by atoms with Gasteiger partial charge >= 0.3 is 0 Å². The fraction of sp³-hybridized carbons (Fsp3) is 0.643. The molecule has 3 heterocycles. The summed E-state index contributed by atoms with van der Waals surface area (Å²) < 4.78 is 0. The maximum absolute atomic E-state index is 5.52. The highest BCUT2D eigenvalue weighted by Crippen LogP contribution is 2.14. The van der Waals surface area contributed by atoms with Crippen LogP contribution in [-0.2, 0) is 4.84 Å². The van der Waals surface area contributed by atoms with Gasteiger partial charge in [0.2, 0.25) is 0 Å². The van der Waals surface area contributed by atoms with Gasteiger partial charge in [0.1, 0.15) is 6.17 Å². The lowest BCUT2D eigenvalue weighted by Crippen LogP contribution is -2.54.